The van der Waals surface area contributed by atoms with Crippen LogP contribution in [0.3, 0.4) is 0 Å². The lowest BCUT2D eigenvalue weighted by atomic mass is 10.0. The summed E-state index contributed by atoms with van der Waals surface area (Å²) in [6.07, 6.45) is 2.72. The van der Waals surface area contributed by atoms with Gasteiger partial charge in [-0.25, -0.2) is 4.98 Å². The summed E-state index contributed by atoms with van der Waals surface area (Å²) in [5.41, 5.74) is 3.43. The van der Waals surface area contributed by atoms with Gasteiger partial charge in [-0.15, -0.1) is 0 Å². The number of nitrogens with zero attached hydrogens (tertiary/aromatic N) is 3. The number of rotatable bonds is 6. The third kappa shape index (κ3) is 3.36. The quantitative estimate of drug-likeness (QED) is 0.440. The highest BCUT2D eigenvalue weighted by Gasteiger charge is 2.33. The first-order valence-electron chi connectivity index (χ1n) is 10.9. The summed E-state index contributed by atoms with van der Waals surface area (Å²) in [5, 5.41) is 2.53. The van der Waals surface area contributed by atoms with Crippen molar-refractivity contribution >= 4 is 27.7 Å². The second-order valence-electron chi connectivity index (χ2n) is 8.28. The molecule has 3 aromatic carbocycles. The van der Waals surface area contributed by atoms with Crippen molar-refractivity contribution in [3.63, 3.8) is 0 Å². The van der Waals surface area contributed by atoms with Crippen LogP contribution >= 0.6 is 0 Å². The Morgan fingerprint density at radius 1 is 1.00 bits per heavy atom. The number of unbranched alkanes of at least 4 members (excludes halogenated alkanes) is 1. The molecule has 1 atom stereocenters. The van der Waals surface area contributed by atoms with Gasteiger partial charge in [0.2, 0.25) is 5.91 Å². The number of hydrogen-bond acceptors (Lipinski definition) is 2. The summed E-state index contributed by atoms with van der Waals surface area (Å²) < 4.78 is 2.33. The van der Waals surface area contributed by atoms with Crippen LogP contribution in [-0.4, -0.2) is 33.4 Å². The van der Waals surface area contributed by atoms with Gasteiger partial charge in [0, 0.05) is 32.0 Å². The molecule has 0 bridgehead atoms. The zero-order chi connectivity index (χ0) is 20.5. The Hall–Kier alpha value is -3.14. The standard InChI is InChI=1S/C26H27N3O/c1-2-3-15-28-17-21(16-25(28)30)26-27-23-13-6-7-14-24(23)29(26)18-20-11-8-10-19-9-4-5-12-22(19)20/h4-14,21H,2-3,15-18H2,1H3/t21-/m0/s1. The second kappa shape index (κ2) is 7.94. The molecule has 2 heterocycles. The molecular weight excluding hydrogens is 370 g/mol. The van der Waals surface area contributed by atoms with E-state index in [1.165, 1.54) is 16.3 Å². The largest absolute Gasteiger partial charge is 0.342 e. The second-order valence-corrected chi connectivity index (χ2v) is 8.28. The Kier molecular flexibility index (Phi) is 4.99. The molecule has 1 aromatic heterocycles. The van der Waals surface area contributed by atoms with Gasteiger partial charge < -0.3 is 9.47 Å². The van der Waals surface area contributed by atoms with Gasteiger partial charge >= 0.3 is 0 Å². The summed E-state index contributed by atoms with van der Waals surface area (Å²) in [5.74, 6) is 1.45. The van der Waals surface area contributed by atoms with Crippen molar-refractivity contribution < 1.29 is 4.79 Å². The fraction of sp³-hybridized carbons (Fsp3) is 0.308. The molecule has 4 nitrogen and oxygen atoms in total. The van der Waals surface area contributed by atoms with E-state index in [9.17, 15) is 4.79 Å². The topological polar surface area (TPSA) is 38.1 Å². The molecule has 0 N–H and O–H groups in total. The van der Waals surface area contributed by atoms with Gasteiger partial charge in [0.05, 0.1) is 11.0 Å². The molecule has 1 saturated heterocycles. The molecule has 1 aliphatic heterocycles. The molecule has 152 valence electrons. The first-order valence-corrected chi connectivity index (χ1v) is 10.9. The minimum absolute atomic E-state index is 0.150. The van der Waals surface area contributed by atoms with E-state index in [1.54, 1.807) is 0 Å². The summed E-state index contributed by atoms with van der Waals surface area (Å²) in [7, 11) is 0. The van der Waals surface area contributed by atoms with E-state index in [1.807, 2.05) is 11.0 Å². The maximum Gasteiger partial charge on any atom is 0.223 e. The predicted octanol–water partition coefficient (Wildman–Crippen LogP) is 5.35. The SMILES string of the molecule is CCCCN1C[C@@H](c2nc3ccccc3n2Cc2cccc3ccccc23)CC1=O. The highest BCUT2D eigenvalue weighted by molar-refractivity contribution is 5.86. The van der Waals surface area contributed by atoms with Crippen molar-refractivity contribution in [2.75, 3.05) is 13.1 Å². The fourth-order valence-corrected chi connectivity index (χ4v) is 4.68. The number of carbonyl (C=O) groups excluding carboxylic acids is 1. The Bertz CT molecular complexity index is 1200. The highest BCUT2D eigenvalue weighted by atomic mass is 16.2. The molecule has 0 saturated carbocycles. The minimum Gasteiger partial charge on any atom is -0.342 e. The number of benzene rings is 3. The fourth-order valence-electron chi connectivity index (χ4n) is 4.68. The molecule has 0 radical (unpaired) electrons. The first-order chi connectivity index (χ1) is 14.7. The van der Waals surface area contributed by atoms with E-state index in [4.69, 9.17) is 4.98 Å². The average Bonchev–Trinajstić information content (AvgIpc) is 3.33. The predicted molar refractivity (Wildman–Crippen MR) is 122 cm³/mol. The van der Waals surface area contributed by atoms with E-state index in [0.29, 0.717) is 6.42 Å². The van der Waals surface area contributed by atoms with Gasteiger partial charge in [0.15, 0.2) is 0 Å². The summed E-state index contributed by atoms with van der Waals surface area (Å²) in [6.45, 7) is 4.56. The monoisotopic (exact) mass is 397 g/mol. The van der Waals surface area contributed by atoms with Crippen LogP contribution in [-0.2, 0) is 11.3 Å². The number of aromatic nitrogens is 2. The van der Waals surface area contributed by atoms with E-state index in [2.05, 4.69) is 72.2 Å². The van der Waals surface area contributed by atoms with Crippen molar-refractivity contribution in [3.05, 3.63) is 78.1 Å². The maximum atomic E-state index is 12.6. The third-order valence-electron chi connectivity index (χ3n) is 6.25. The van der Waals surface area contributed by atoms with Crippen molar-refractivity contribution in [3.8, 4) is 0 Å². The van der Waals surface area contributed by atoms with Crippen LogP contribution in [0.4, 0.5) is 0 Å². The zero-order valence-electron chi connectivity index (χ0n) is 17.4. The zero-order valence-corrected chi connectivity index (χ0v) is 17.4. The molecule has 1 fully saturated rings. The maximum absolute atomic E-state index is 12.6. The number of imidazole rings is 1. The van der Waals surface area contributed by atoms with Crippen molar-refractivity contribution in [2.45, 2.75) is 38.6 Å². The van der Waals surface area contributed by atoms with Gasteiger partial charge in [-0.1, -0.05) is 67.9 Å². The van der Waals surface area contributed by atoms with Gasteiger partial charge in [-0.3, -0.25) is 4.79 Å². The Labute approximate surface area is 177 Å². The van der Waals surface area contributed by atoms with E-state index < -0.39 is 0 Å². The molecule has 5 rings (SSSR count). The van der Waals surface area contributed by atoms with Gasteiger partial charge in [0.25, 0.3) is 0 Å². The van der Waals surface area contributed by atoms with Crippen molar-refractivity contribution in [2.24, 2.45) is 0 Å². The Balaban J connectivity index is 1.56. The van der Waals surface area contributed by atoms with Crippen LogP contribution in [0.1, 0.15) is 43.5 Å². The number of likely N-dealkylation sites (tertiary alicyclic amines) is 1. The smallest absolute Gasteiger partial charge is 0.223 e. The van der Waals surface area contributed by atoms with E-state index in [-0.39, 0.29) is 11.8 Å². The molecule has 1 aliphatic rings. The minimum atomic E-state index is 0.150. The number of fused-ring (bicyclic) bond motifs is 2. The van der Waals surface area contributed by atoms with Gasteiger partial charge in [0.1, 0.15) is 5.82 Å². The number of para-hydroxylation sites is 2. The molecule has 4 aromatic rings. The van der Waals surface area contributed by atoms with Crippen LogP contribution in [0.25, 0.3) is 21.8 Å². The van der Waals surface area contributed by atoms with Crippen molar-refractivity contribution in [1.82, 2.24) is 14.5 Å². The highest BCUT2D eigenvalue weighted by Crippen LogP contribution is 2.32. The van der Waals surface area contributed by atoms with Crippen LogP contribution in [0, 0.1) is 0 Å². The number of hydrogen-bond donors (Lipinski definition) is 0. The molecule has 0 unspecified atom stereocenters. The lowest BCUT2D eigenvalue weighted by Gasteiger charge is -2.17. The normalized spacial score (nSPS) is 16.8. The summed E-state index contributed by atoms with van der Waals surface area (Å²) in [4.78, 5) is 19.6. The van der Waals surface area contributed by atoms with Crippen LogP contribution in [0.2, 0.25) is 0 Å². The summed E-state index contributed by atoms with van der Waals surface area (Å²) in [6, 6.07) is 23.3. The van der Waals surface area contributed by atoms with Crippen LogP contribution in [0.15, 0.2) is 66.7 Å². The molecule has 0 spiro atoms. The lowest BCUT2D eigenvalue weighted by Crippen LogP contribution is -2.26. The van der Waals surface area contributed by atoms with Crippen molar-refractivity contribution in [1.29, 1.82) is 0 Å². The average molecular weight is 398 g/mol. The van der Waals surface area contributed by atoms with E-state index >= 15 is 0 Å². The molecule has 0 aliphatic carbocycles. The Morgan fingerprint density at radius 2 is 1.80 bits per heavy atom. The number of amides is 1. The molecule has 4 heteroatoms. The molecule has 30 heavy (non-hydrogen) atoms. The Morgan fingerprint density at radius 3 is 2.70 bits per heavy atom. The van der Waals surface area contributed by atoms with Crippen LogP contribution < -0.4 is 0 Å². The molecule has 1 amide bonds. The van der Waals surface area contributed by atoms with E-state index in [0.717, 1.165) is 49.3 Å². The third-order valence-corrected chi connectivity index (χ3v) is 6.25. The van der Waals surface area contributed by atoms with Gasteiger partial charge in [-0.05, 0) is 34.9 Å². The number of carbonyl (C=O) groups is 1. The van der Waals surface area contributed by atoms with Crippen LogP contribution in [0.5, 0.6) is 0 Å². The summed E-state index contributed by atoms with van der Waals surface area (Å²) >= 11 is 0. The van der Waals surface area contributed by atoms with Gasteiger partial charge in [-0.2, -0.15) is 0 Å². The first kappa shape index (κ1) is 18.9. The molecular formula is C26H27N3O. The lowest BCUT2D eigenvalue weighted by molar-refractivity contribution is -0.127.